The molecule has 1 fully saturated rings. The summed E-state index contributed by atoms with van der Waals surface area (Å²) in [7, 11) is 0. The van der Waals surface area contributed by atoms with E-state index in [9.17, 15) is 4.79 Å². The van der Waals surface area contributed by atoms with Crippen molar-refractivity contribution >= 4 is 23.3 Å². The van der Waals surface area contributed by atoms with Gasteiger partial charge in [0.15, 0.2) is 0 Å². The lowest BCUT2D eigenvalue weighted by molar-refractivity contribution is 0.251. The molecule has 2 amide bonds. The van der Waals surface area contributed by atoms with E-state index in [-0.39, 0.29) is 6.03 Å². The molecule has 0 aromatic heterocycles. The number of halogens is 1. The van der Waals surface area contributed by atoms with Gasteiger partial charge in [-0.05, 0) is 63.5 Å². The second-order valence-corrected chi connectivity index (χ2v) is 5.58. The summed E-state index contributed by atoms with van der Waals surface area (Å²) >= 11 is 5.86. The summed E-state index contributed by atoms with van der Waals surface area (Å²) < 4.78 is 0. The quantitative estimate of drug-likeness (QED) is 0.791. The second kappa shape index (κ2) is 8.12. The Hall–Kier alpha value is -1.26. The van der Waals surface area contributed by atoms with E-state index in [2.05, 4.69) is 15.5 Å². The average Bonchev–Trinajstić information content (AvgIpc) is 2.91. The van der Waals surface area contributed by atoms with Crippen molar-refractivity contribution in [3.63, 3.8) is 0 Å². The number of unbranched alkanes of at least 4 members (excludes halogenated alkanes) is 1. The molecule has 0 bridgehead atoms. The lowest BCUT2D eigenvalue weighted by Crippen LogP contribution is -2.30. The van der Waals surface area contributed by atoms with E-state index in [1.165, 1.54) is 25.9 Å². The van der Waals surface area contributed by atoms with Crippen LogP contribution in [0.4, 0.5) is 10.5 Å². The van der Waals surface area contributed by atoms with Gasteiger partial charge in [0.05, 0.1) is 0 Å². The van der Waals surface area contributed by atoms with Crippen LogP contribution < -0.4 is 10.6 Å². The van der Waals surface area contributed by atoms with Crippen molar-refractivity contribution in [2.24, 2.45) is 0 Å². The van der Waals surface area contributed by atoms with Crippen molar-refractivity contribution < 1.29 is 4.79 Å². The van der Waals surface area contributed by atoms with Crippen LogP contribution in [-0.2, 0) is 0 Å². The summed E-state index contributed by atoms with van der Waals surface area (Å²) in [5.41, 5.74) is 0.715. The lowest BCUT2D eigenvalue weighted by atomic mass is 10.3. The summed E-state index contributed by atoms with van der Waals surface area (Å²) in [4.78, 5) is 14.2. The third-order valence-corrected chi connectivity index (χ3v) is 3.70. The first-order chi connectivity index (χ1) is 9.74. The average molecular weight is 296 g/mol. The van der Waals surface area contributed by atoms with Gasteiger partial charge in [0.1, 0.15) is 0 Å². The Kier molecular flexibility index (Phi) is 6.15. The van der Waals surface area contributed by atoms with Crippen LogP contribution in [0.2, 0.25) is 5.02 Å². The smallest absolute Gasteiger partial charge is 0.319 e. The Labute approximate surface area is 125 Å². The SMILES string of the molecule is O=C(NCCCCN1CCCC1)Nc1cccc(Cl)c1. The van der Waals surface area contributed by atoms with Gasteiger partial charge in [-0.2, -0.15) is 0 Å². The molecular weight excluding hydrogens is 274 g/mol. The van der Waals surface area contributed by atoms with Crippen molar-refractivity contribution in [1.29, 1.82) is 0 Å². The van der Waals surface area contributed by atoms with Gasteiger partial charge in [0.25, 0.3) is 0 Å². The number of rotatable bonds is 6. The Morgan fingerprint density at radius 2 is 2.05 bits per heavy atom. The molecular formula is C15H22ClN3O. The van der Waals surface area contributed by atoms with E-state index in [1.54, 1.807) is 12.1 Å². The molecule has 0 aliphatic carbocycles. The first-order valence-corrected chi connectivity index (χ1v) is 7.64. The van der Waals surface area contributed by atoms with Gasteiger partial charge in [-0.15, -0.1) is 0 Å². The molecule has 0 unspecified atom stereocenters. The highest BCUT2D eigenvalue weighted by Crippen LogP contribution is 2.14. The maximum absolute atomic E-state index is 11.7. The number of carbonyl (C=O) groups excluding carboxylic acids is 1. The zero-order valence-electron chi connectivity index (χ0n) is 11.7. The number of carbonyl (C=O) groups is 1. The normalized spacial score (nSPS) is 15.2. The van der Waals surface area contributed by atoms with Crippen LogP contribution in [0.25, 0.3) is 0 Å². The monoisotopic (exact) mass is 295 g/mol. The number of amides is 2. The summed E-state index contributed by atoms with van der Waals surface area (Å²) in [5.74, 6) is 0. The molecule has 4 nitrogen and oxygen atoms in total. The summed E-state index contributed by atoms with van der Waals surface area (Å²) in [6.07, 6.45) is 4.82. The fraction of sp³-hybridized carbons (Fsp3) is 0.533. The number of hydrogen-bond donors (Lipinski definition) is 2. The van der Waals surface area contributed by atoms with E-state index in [0.29, 0.717) is 17.3 Å². The van der Waals surface area contributed by atoms with Gasteiger partial charge in [-0.3, -0.25) is 0 Å². The summed E-state index contributed by atoms with van der Waals surface area (Å²) in [5, 5.41) is 6.25. The Bertz CT molecular complexity index is 433. The molecule has 1 aromatic rings. The van der Waals surface area contributed by atoms with Crippen LogP contribution in [0.15, 0.2) is 24.3 Å². The zero-order chi connectivity index (χ0) is 14.2. The van der Waals surface area contributed by atoms with Crippen molar-refractivity contribution in [3.8, 4) is 0 Å². The van der Waals surface area contributed by atoms with E-state index in [4.69, 9.17) is 11.6 Å². The number of benzene rings is 1. The molecule has 0 spiro atoms. The number of urea groups is 1. The van der Waals surface area contributed by atoms with Gasteiger partial charge < -0.3 is 15.5 Å². The van der Waals surface area contributed by atoms with E-state index in [1.807, 2.05) is 12.1 Å². The minimum Gasteiger partial charge on any atom is -0.338 e. The highest BCUT2D eigenvalue weighted by atomic mass is 35.5. The molecule has 5 heteroatoms. The van der Waals surface area contributed by atoms with Crippen LogP contribution in [0.3, 0.4) is 0 Å². The minimum atomic E-state index is -0.173. The number of anilines is 1. The Morgan fingerprint density at radius 3 is 2.80 bits per heavy atom. The van der Waals surface area contributed by atoms with Crippen molar-refractivity contribution in [2.45, 2.75) is 25.7 Å². The predicted octanol–water partition coefficient (Wildman–Crippen LogP) is 3.34. The van der Waals surface area contributed by atoms with Gasteiger partial charge in [-0.25, -0.2) is 4.79 Å². The third-order valence-electron chi connectivity index (χ3n) is 3.47. The molecule has 110 valence electrons. The highest BCUT2D eigenvalue weighted by Gasteiger charge is 2.10. The largest absolute Gasteiger partial charge is 0.338 e. The second-order valence-electron chi connectivity index (χ2n) is 5.15. The zero-order valence-corrected chi connectivity index (χ0v) is 12.5. The van der Waals surface area contributed by atoms with E-state index in [0.717, 1.165) is 19.4 Å². The summed E-state index contributed by atoms with van der Waals surface area (Å²) in [6.45, 7) is 4.34. The number of nitrogens with zero attached hydrogens (tertiary/aromatic N) is 1. The molecule has 0 saturated carbocycles. The Morgan fingerprint density at radius 1 is 1.25 bits per heavy atom. The van der Waals surface area contributed by atoms with Gasteiger partial charge >= 0.3 is 6.03 Å². The van der Waals surface area contributed by atoms with E-state index >= 15 is 0 Å². The van der Waals surface area contributed by atoms with E-state index < -0.39 is 0 Å². The third kappa shape index (κ3) is 5.39. The molecule has 1 aliphatic rings. The van der Waals surface area contributed by atoms with Crippen LogP contribution in [0, 0.1) is 0 Å². The maximum Gasteiger partial charge on any atom is 0.319 e. The lowest BCUT2D eigenvalue weighted by Gasteiger charge is -2.14. The molecule has 0 atom stereocenters. The van der Waals surface area contributed by atoms with Gasteiger partial charge in [0.2, 0.25) is 0 Å². The predicted molar refractivity (Wildman–Crippen MR) is 83.4 cm³/mol. The van der Waals surface area contributed by atoms with Crippen LogP contribution in [0.5, 0.6) is 0 Å². The van der Waals surface area contributed by atoms with Gasteiger partial charge in [0, 0.05) is 17.3 Å². The standard InChI is InChI=1S/C15H22ClN3O/c16-13-6-5-7-14(12-13)18-15(20)17-8-1-2-9-19-10-3-4-11-19/h5-7,12H,1-4,8-11H2,(H2,17,18,20). The summed E-state index contributed by atoms with van der Waals surface area (Å²) in [6, 6.07) is 6.97. The van der Waals surface area contributed by atoms with Crippen molar-refractivity contribution in [3.05, 3.63) is 29.3 Å². The number of nitrogens with one attached hydrogen (secondary N) is 2. The molecule has 1 saturated heterocycles. The molecule has 20 heavy (non-hydrogen) atoms. The number of hydrogen-bond acceptors (Lipinski definition) is 2. The van der Waals surface area contributed by atoms with Crippen molar-refractivity contribution in [2.75, 3.05) is 31.5 Å². The molecule has 1 aromatic carbocycles. The molecule has 2 rings (SSSR count). The van der Waals surface area contributed by atoms with Crippen LogP contribution in [0.1, 0.15) is 25.7 Å². The minimum absolute atomic E-state index is 0.173. The van der Waals surface area contributed by atoms with Gasteiger partial charge in [-0.1, -0.05) is 17.7 Å². The van der Waals surface area contributed by atoms with Crippen LogP contribution >= 0.6 is 11.6 Å². The molecule has 0 radical (unpaired) electrons. The fourth-order valence-electron chi connectivity index (χ4n) is 2.41. The molecule has 1 heterocycles. The highest BCUT2D eigenvalue weighted by molar-refractivity contribution is 6.30. The Balaban J connectivity index is 1.55. The molecule has 2 N–H and O–H groups in total. The molecule has 1 aliphatic heterocycles. The number of likely N-dealkylation sites (tertiary alicyclic amines) is 1. The first-order valence-electron chi connectivity index (χ1n) is 7.27. The topological polar surface area (TPSA) is 44.4 Å². The van der Waals surface area contributed by atoms with Crippen molar-refractivity contribution in [1.82, 2.24) is 10.2 Å². The first kappa shape index (κ1) is 15.1. The van der Waals surface area contributed by atoms with Crippen LogP contribution in [-0.4, -0.2) is 37.1 Å². The fourth-order valence-corrected chi connectivity index (χ4v) is 2.60. The maximum atomic E-state index is 11.7.